The number of rotatable bonds is 6. The van der Waals surface area contributed by atoms with Crippen molar-refractivity contribution in [2.45, 2.75) is 11.0 Å². The first-order valence-electron chi connectivity index (χ1n) is 10.1. The predicted molar refractivity (Wildman–Crippen MR) is 130 cm³/mol. The van der Waals surface area contributed by atoms with Crippen molar-refractivity contribution in [3.63, 3.8) is 0 Å². The standard InChI is InChI=1S/C23H21FN2O3S3/c24-18-8-2-15(3-9-18)14-19-21(28)26(23(29)32-19)11-10-25-20(27)16-4-6-17(7-5-16)22-30-12-1-13-31-22/h2-9,14,22H,1,10-13H2,(H,25,27)/b19-14-. The van der Waals surface area contributed by atoms with Gasteiger partial charge in [0.05, 0.1) is 9.49 Å². The van der Waals surface area contributed by atoms with E-state index in [0.29, 0.717) is 15.7 Å². The molecule has 2 aliphatic rings. The van der Waals surface area contributed by atoms with Crippen LogP contribution in [-0.4, -0.2) is 46.5 Å². The highest BCUT2D eigenvalue weighted by molar-refractivity contribution is 8.18. The second kappa shape index (κ2) is 10.6. The van der Waals surface area contributed by atoms with Gasteiger partial charge in [-0.1, -0.05) is 24.3 Å². The maximum Gasteiger partial charge on any atom is 0.293 e. The lowest BCUT2D eigenvalue weighted by Crippen LogP contribution is -2.37. The van der Waals surface area contributed by atoms with Crippen LogP contribution in [0.3, 0.4) is 0 Å². The molecule has 2 fully saturated rings. The maximum absolute atomic E-state index is 13.0. The van der Waals surface area contributed by atoms with Crippen molar-refractivity contribution in [1.82, 2.24) is 10.2 Å². The number of amides is 3. The van der Waals surface area contributed by atoms with Crippen LogP contribution in [0.2, 0.25) is 0 Å². The van der Waals surface area contributed by atoms with Crippen molar-refractivity contribution in [2.24, 2.45) is 0 Å². The normalized spacial score (nSPS) is 18.4. The van der Waals surface area contributed by atoms with Gasteiger partial charge in [-0.15, -0.1) is 23.5 Å². The lowest BCUT2D eigenvalue weighted by molar-refractivity contribution is -0.122. The molecular weight excluding hydrogens is 467 g/mol. The molecule has 0 unspecified atom stereocenters. The number of nitrogens with zero attached hydrogens (tertiary/aromatic N) is 1. The third-order valence-electron chi connectivity index (χ3n) is 4.93. The topological polar surface area (TPSA) is 66.5 Å². The van der Waals surface area contributed by atoms with E-state index >= 15 is 0 Å². The number of hydrogen-bond donors (Lipinski definition) is 1. The van der Waals surface area contributed by atoms with Gasteiger partial charge in [0, 0.05) is 18.7 Å². The van der Waals surface area contributed by atoms with E-state index in [1.54, 1.807) is 18.2 Å². The van der Waals surface area contributed by atoms with E-state index in [-0.39, 0.29) is 35.0 Å². The zero-order valence-electron chi connectivity index (χ0n) is 17.1. The van der Waals surface area contributed by atoms with Gasteiger partial charge in [-0.25, -0.2) is 4.39 Å². The van der Waals surface area contributed by atoms with Crippen LogP contribution in [-0.2, 0) is 4.79 Å². The first-order chi connectivity index (χ1) is 15.5. The van der Waals surface area contributed by atoms with Gasteiger partial charge in [-0.2, -0.15) is 0 Å². The van der Waals surface area contributed by atoms with Gasteiger partial charge in [0.2, 0.25) is 0 Å². The minimum absolute atomic E-state index is 0.0879. The number of carbonyl (C=O) groups excluding carboxylic acids is 3. The Balaban J connectivity index is 1.30. The van der Waals surface area contributed by atoms with Crippen molar-refractivity contribution < 1.29 is 18.8 Å². The molecule has 32 heavy (non-hydrogen) atoms. The average Bonchev–Trinajstić information content (AvgIpc) is 3.08. The summed E-state index contributed by atoms with van der Waals surface area (Å²) < 4.78 is 13.5. The SMILES string of the molecule is O=C(NCCN1C(=O)S/C(=C\c2ccc(F)cc2)C1=O)c1ccc(C2SCCCS2)cc1. The van der Waals surface area contributed by atoms with Crippen LogP contribution < -0.4 is 5.32 Å². The third kappa shape index (κ3) is 5.57. The van der Waals surface area contributed by atoms with Crippen LogP contribution >= 0.6 is 35.3 Å². The van der Waals surface area contributed by atoms with Crippen LogP contribution in [0, 0.1) is 5.82 Å². The highest BCUT2D eigenvalue weighted by atomic mass is 32.2. The molecule has 9 heteroatoms. The Labute approximate surface area is 198 Å². The molecule has 0 bridgehead atoms. The molecule has 166 valence electrons. The van der Waals surface area contributed by atoms with Gasteiger partial charge in [-0.05, 0) is 71.2 Å². The largest absolute Gasteiger partial charge is 0.350 e. The van der Waals surface area contributed by atoms with Gasteiger partial charge in [0.15, 0.2) is 0 Å². The number of thioether (sulfide) groups is 3. The van der Waals surface area contributed by atoms with E-state index in [1.165, 1.54) is 24.1 Å². The van der Waals surface area contributed by atoms with Gasteiger partial charge in [-0.3, -0.25) is 19.3 Å². The summed E-state index contributed by atoms with van der Waals surface area (Å²) in [5, 5.41) is 2.39. The Morgan fingerprint density at radius 1 is 1.06 bits per heavy atom. The molecule has 2 saturated heterocycles. The smallest absolute Gasteiger partial charge is 0.293 e. The van der Waals surface area contributed by atoms with Gasteiger partial charge >= 0.3 is 0 Å². The number of carbonyl (C=O) groups is 3. The number of nitrogens with one attached hydrogen (secondary N) is 1. The van der Waals surface area contributed by atoms with Crippen LogP contribution in [0.1, 0.15) is 32.5 Å². The number of benzene rings is 2. The summed E-state index contributed by atoms with van der Waals surface area (Å²) in [6.45, 7) is 0.251. The first-order valence-corrected chi connectivity index (χ1v) is 13.0. The molecule has 1 N–H and O–H groups in total. The summed E-state index contributed by atoms with van der Waals surface area (Å²) in [4.78, 5) is 38.6. The molecule has 0 spiro atoms. The number of imide groups is 1. The highest BCUT2D eigenvalue weighted by Gasteiger charge is 2.34. The molecule has 5 nitrogen and oxygen atoms in total. The predicted octanol–water partition coefficient (Wildman–Crippen LogP) is 5.16. The molecule has 0 atom stereocenters. The Morgan fingerprint density at radius 2 is 1.75 bits per heavy atom. The van der Waals surface area contributed by atoms with Crippen molar-refractivity contribution in [1.29, 1.82) is 0 Å². The molecule has 2 heterocycles. The molecule has 2 aromatic carbocycles. The lowest BCUT2D eigenvalue weighted by Gasteiger charge is -2.21. The molecule has 0 saturated carbocycles. The second-order valence-corrected chi connectivity index (χ2v) is 10.9. The van der Waals surface area contributed by atoms with E-state index < -0.39 is 5.91 Å². The first kappa shape index (κ1) is 22.9. The fourth-order valence-corrected chi connectivity index (χ4v) is 7.02. The molecule has 2 aliphatic heterocycles. The minimum atomic E-state index is -0.412. The Morgan fingerprint density at radius 3 is 2.44 bits per heavy atom. The van der Waals surface area contributed by atoms with E-state index in [1.807, 2.05) is 47.8 Å². The van der Waals surface area contributed by atoms with Crippen molar-refractivity contribution in [2.75, 3.05) is 24.6 Å². The molecule has 0 aliphatic carbocycles. The average molecular weight is 489 g/mol. The molecule has 0 radical (unpaired) electrons. The van der Waals surface area contributed by atoms with E-state index in [2.05, 4.69) is 5.32 Å². The van der Waals surface area contributed by atoms with Gasteiger partial charge in [0.25, 0.3) is 17.1 Å². The molecule has 3 amide bonds. The Kier molecular flexibility index (Phi) is 7.59. The highest BCUT2D eigenvalue weighted by Crippen LogP contribution is 2.43. The summed E-state index contributed by atoms with van der Waals surface area (Å²) in [7, 11) is 0. The fraction of sp³-hybridized carbons (Fsp3) is 0.261. The fourth-order valence-electron chi connectivity index (χ4n) is 3.26. The second-order valence-electron chi connectivity index (χ2n) is 7.19. The Bertz CT molecular complexity index is 1040. The number of hydrogen-bond acceptors (Lipinski definition) is 6. The van der Waals surface area contributed by atoms with Crippen molar-refractivity contribution in [3.8, 4) is 0 Å². The minimum Gasteiger partial charge on any atom is -0.350 e. The van der Waals surface area contributed by atoms with Gasteiger partial charge < -0.3 is 5.32 Å². The third-order valence-corrected chi connectivity index (χ3v) is 8.86. The summed E-state index contributed by atoms with van der Waals surface area (Å²) in [6.07, 6.45) is 2.80. The van der Waals surface area contributed by atoms with Crippen molar-refractivity contribution in [3.05, 3.63) is 75.9 Å². The summed E-state index contributed by atoms with van der Waals surface area (Å²) >= 11 is 4.70. The zero-order chi connectivity index (χ0) is 22.5. The van der Waals surface area contributed by atoms with Crippen LogP contribution in [0.25, 0.3) is 6.08 Å². The molecular formula is C23H21FN2O3S3. The van der Waals surface area contributed by atoms with Crippen LogP contribution in [0.4, 0.5) is 9.18 Å². The molecule has 0 aromatic heterocycles. The summed E-state index contributed by atoms with van der Waals surface area (Å²) in [5.41, 5.74) is 2.39. The molecule has 4 rings (SSSR count). The van der Waals surface area contributed by atoms with Crippen LogP contribution in [0.15, 0.2) is 53.4 Å². The van der Waals surface area contributed by atoms with E-state index in [4.69, 9.17) is 0 Å². The Hall–Kier alpha value is -2.23. The summed E-state index contributed by atoms with van der Waals surface area (Å²) in [6, 6.07) is 13.3. The van der Waals surface area contributed by atoms with Gasteiger partial charge in [0.1, 0.15) is 5.82 Å². The lowest BCUT2D eigenvalue weighted by atomic mass is 10.1. The van der Waals surface area contributed by atoms with E-state index in [0.717, 1.165) is 28.2 Å². The number of halogens is 1. The summed E-state index contributed by atoms with van der Waals surface area (Å²) in [5.74, 6) is 1.30. The van der Waals surface area contributed by atoms with E-state index in [9.17, 15) is 18.8 Å². The quantitative estimate of drug-likeness (QED) is 0.567. The van der Waals surface area contributed by atoms with Crippen molar-refractivity contribution >= 4 is 58.4 Å². The molecule has 2 aromatic rings. The maximum atomic E-state index is 13.0. The monoisotopic (exact) mass is 488 g/mol. The van der Waals surface area contributed by atoms with Crippen LogP contribution in [0.5, 0.6) is 0 Å². The zero-order valence-corrected chi connectivity index (χ0v) is 19.5.